The molecule has 8 heteroatoms. The number of ether oxygens (including phenoxy) is 1. The highest BCUT2D eigenvalue weighted by molar-refractivity contribution is 8.08. The van der Waals surface area contributed by atoms with Gasteiger partial charge in [0.2, 0.25) is 0 Å². The van der Waals surface area contributed by atoms with E-state index in [1.165, 1.54) is 0 Å². The van der Waals surface area contributed by atoms with Gasteiger partial charge in [0.1, 0.15) is 0 Å². The van der Waals surface area contributed by atoms with Crippen LogP contribution in [0.4, 0.5) is 0 Å². The minimum Gasteiger partial charge on any atom is -0.486 e. The van der Waals surface area contributed by atoms with Gasteiger partial charge in [-0.15, -0.1) is 23.1 Å². The van der Waals surface area contributed by atoms with Crippen molar-refractivity contribution in [2.24, 2.45) is 0 Å². The van der Waals surface area contributed by atoms with Gasteiger partial charge in [-0.25, -0.2) is 8.42 Å². The zero-order valence-electron chi connectivity index (χ0n) is 16.2. The van der Waals surface area contributed by atoms with Crippen LogP contribution in [0.25, 0.3) is 4.91 Å². The molecule has 0 radical (unpaired) electrons. The summed E-state index contributed by atoms with van der Waals surface area (Å²) in [5, 5.41) is 2.00. The zero-order valence-corrected chi connectivity index (χ0v) is 18.6. The molecule has 0 N–H and O–H groups in total. The molecule has 1 fully saturated rings. The summed E-state index contributed by atoms with van der Waals surface area (Å²) in [4.78, 5) is 17.3. The molecule has 1 saturated heterocycles. The van der Waals surface area contributed by atoms with Gasteiger partial charge >= 0.3 is 0 Å². The summed E-state index contributed by atoms with van der Waals surface area (Å²) >= 11 is 3.21. The Labute approximate surface area is 179 Å². The third-order valence-corrected chi connectivity index (χ3v) is 9.04. The number of amides is 1. The van der Waals surface area contributed by atoms with E-state index in [4.69, 9.17) is 4.74 Å². The molecular formula is C21H23NO4S3. The van der Waals surface area contributed by atoms with E-state index in [0.29, 0.717) is 25.3 Å². The van der Waals surface area contributed by atoms with Crippen LogP contribution >= 0.6 is 23.1 Å². The zero-order chi connectivity index (χ0) is 20.4. The van der Waals surface area contributed by atoms with Crippen molar-refractivity contribution in [2.75, 3.05) is 23.9 Å². The molecule has 0 saturated carbocycles. The maximum absolute atomic E-state index is 13.7. The quantitative estimate of drug-likeness (QED) is 0.696. The number of hydrogen-bond donors (Lipinski definition) is 0. The van der Waals surface area contributed by atoms with Crippen LogP contribution < -0.4 is 0 Å². The van der Waals surface area contributed by atoms with E-state index in [0.717, 1.165) is 26.7 Å². The summed E-state index contributed by atoms with van der Waals surface area (Å²) in [7, 11) is -3.11. The molecule has 2 aliphatic rings. The summed E-state index contributed by atoms with van der Waals surface area (Å²) in [5.41, 5.74) is 2.07. The molecule has 1 aromatic carbocycles. The number of sulfone groups is 1. The summed E-state index contributed by atoms with van der Waals surface area (Å²) in [6.45, 7) is 2.89. The lowest BCUT2D eigenvalue weighted by molar-refractivity contribution is -0.133. The van der Waals surface area contributed by atoms with E-state index in [1.54, 1.807) is 28.0 Å². The molecule has 1 aromatic heterocycles. The van der Waals surface area contributed by atoms with Gasteiger partial charge in [-0.3, -0.25) is 4.79 Å². The number of thioether (sulfide) groups is 1. The Hall–Kier alpha value is -1.77. The van der Waals surface area contributed by atoms with Gasteiger partial charge in [-0.05, 0) is 35.9 Å². The standard InChI is InChI=1S/C21H23NO4S3/c1-15-7-10-27-18(15)13-22(17-8-12-29(24,25)14-17)21(23)19-20(28-11-9-26-19)16-5-3-2-4-6-16/h2-7,10,17H,8-9,11-14H2,1H3/t17-/m1/s1. The van der Waals surface area contributed by atoms with E-state index < -0.39 is 9.84 Å². The lowest BCUT2D eigenvalue weighted by atomic mass is 10.1. The first-order valence-corrected chi connectivity index (χ1v) is 13.2. The fraction of sp³-hybridized carbons (Fsp3) is 0.381. The lowest BCUT2D eigenvalue weighted by Gasteiger charge is -2.31. The summed E-state index contributed by atoms with van der Waals surface area (Å²) in [5.74, 6) is 1.05. The largest absolute Gasteiger partial charge is 0.486 e. The van der Waals surface area contributed by atoms with Gasteiger partial charge in [0.15, 0.2) is 15.6 Å². The van der Waals surface area contributed by atoms with E-state index >= 15 is 0 Å². The first-order chi connectivity index (χ1) is 13.9. The van der Waals surface area contributed by atoms with Crippen LogP contribution in [0.15, 0.2) is 47.5 Å². The highest BCUT2D eigenvalue weighted by Gasteiger charge is 2.38. The smallest absolute Gasteiger partial charge is 0.290 e. The van der Waals surface area contributed by atoms with Crippen LogP contribution in [0, 0.1) is 6.92 Å². The number of nitrogens with zero attached hydrogens (tertiary/aromatic N) is 1. The van der Waals surface area contributed by atoms with Gasteiger partial charge < -0.3 is 9.64 Å². The second-order valence-corrected chi connectivity index (χ2v) is 11.6. The summed E-state index contributed by atoms with van der Waals surface area (Å²) in [6.07, 6.45) is 0.472. The monoisotopic (exact) mass is 449 g/mol. The van der Waals surface area contributed by atoms with Crippen molar-refractivity contribution in [3.63, 3.8) is 0 Å². The Bertz CT molecular complexity index is 1030. The Morgan fingerprint density at radius 2 is 2.03 bits per heavy atom. The van der Waals surface area contributed by atoms with Crippen molar-refractivity contribution in [1.82, 2.24) is 4.90 Å². The van der Waals surface area contributed by atoms with Crippen molar-refractivity contribution < 1.29 is 17.9 Å². The molecule has 154 valence electrons. The van der Waals surface area contributed by atoms with Crippen molar-refractivity contribution in [3.8, 4) is 0 Å². The number of aryl methyl sites for hydroxylation is 1. The summed E-state index contributed by atoms with van der Waals surface area (Å²) in [6, 6.07) is 11.5. The number of carbonyl (C=O) groups excluding carboxylic acids is 1. The first-order valence-electron chi connectivity index (χ1n) is 9.54. The molecule has 0 spiro atoms. The van der Waals surface area contributed by atoms with E-state index in [2.05, 4.69) is 0 Å². The molecular weight excluding hydrogens is 426 g/mol. The van der Waals surface area contributed by atoms with Crippen LogP contribution in [0.2, 0.25) is 0 Å². The topological polar surface area (TPSA) is 63.7 Å². The number of carbonyl (C=O) groups is 1. The predicted octanol–water partition coefficient (Wildman–Crippen LogP) is 3.70. The van der Waals surface area contributed by atoms with E-state index in [9.17, 15) is 13.2 Å². The average Bonchev–Trinajstić information content (AvgIpc) is 3.30. The molecule has 1 atom stereocenters. The molecule has 2 aromatic rings. The fourth-order valence-corrected chi connectivity index (χ4v) is 7.21. The van der Waals surface area contributed by atoms with Gasteiger partial charge in [0.05, 0.1) is 29.6 Å². The second-order valence-electron chi connectivity index (χ2n) is 7.24. The molecule has 1 amide bonds. The van der Waals surface area contributed by atoms with Crippen LogP contribution in [0.1, 0.15) is 22.4 Å². The van der Waals surface area contributed by atoms with Gasteiger partial charge in [-0.1, -0.05) is 30.3 Å². The fourth-order valence-electron chi connectivity index (χ4n) is 3.62. The minimum atomic E-state index is -3.11. The molecule has 2 aliphatic heterocycles. The third kappa shape index (κ3) is 4.54. The maximum Gasteiger partial charge on any atom is 0.290 e. The van der Waals surface area contributed by atoms with Gasteiger partial charge in [0, 0.05) is 16.7 Å². The molecule has 3 heterocycles. The molecule has 4 rings (SSSR count). The maximum atomic E-state index is 13.7. The highest BCUT2D eigenvalue weighted by atomic mass is 32.2. The predicted molar refractivity (Wildman–Crippen MR) is 118 cm³/mol. The Morgan fingerprint density at radius 3 is 2.69 bits per heavy atom. The molecule has 0 aliphatic carbocycles. The SMILES string of the molecule is Cc1ccsc1CN(C(=O)C1=C(c2ccccc2)SCCO1)[C@@H]1CCS(=O)(=O)C1. The Kier molecular flexibility index (Phi) is 6.03. The highest BCUT2D eigenvalue weighted by Crippen LogP contribution is 2.36. The Morgan fingerprint density at radius 1 is 1.24 bits per heavy atom. The summed E-state index contributed by atoms with van der Waals surface area (Å²) < 4.78 is 30.1. The number of rotatable bonds is 5. The van der Waals surface area contributed by atoms with Crippen LogP contribution in [-0.4, -0.2) is 49.1 Å². The molecule has 0 unspecified atom stereocenters. The molecule has 0 bridgehead atoms. The van der Waals surface area contributed by atoms with Gasteiger partial charge in [0.25, 0.3) is 5.91 Å². The first kappa shape index (κ1) is 20.5. The van der Waals surface area contributed by atoms with Crippen molar-refractivity contribution in [3.05, 3.63) is 63.5 Å². The van der Waals surface area contributed by atoms with E-state index in [-0.39, 0.29) is 23.5 Å². The number of thiophene rings is 1. The average molecular weight is 450 g/mol. The minimum absolute atomic E-state index is 0.0181. The van der Waals surface area contributed by atoms with E-state index in [1.807, 2.05) is 48.7 Å². The van der Waals surface area contributed by atoms with Gasteiger partial charge in [-0.2, -0.15) is 0 Å². The van der Waals surface area contributed by atoms with Crippen molar-refractivity contribution >= 4 is 43.7 Å². The van der Waals surface area contributed by atoms with Crippen LogP contribution in [0.5, 0.6) is 0 Å². The number of benzene rings is 1. The van der Waals surface area contributed by atoms with Crippen molar-refractivity contribution in [2.45, 2.75) is 25.9 Å². The Balaban J connectivity index is 1.71. The lowest BCUT2D eigenvalue weighted by Crippen LogP contribution is -2.42. The molecule has 5 nitrogen and oxygen atoms in total. The second kappa shape index (κ2) is 8.53. The normalized spacial score (nSPS) is 21.1. The molecule has 29 heavy (non-hydrogen) atoms. The third-order valence-electron chi connectivity index (χ3n) is 5.20. The number of hydrogen-bond acceptors (Lipinski definition) is 6. The van der Waals surface area contributed by atoms with Crippen molar-refractivity contribution in [1.29, 1.82) is 0 Å². The van der Waals surface area contributed by atoms with Crippen LogP contribution in [-0.2, 0) is 25.9 Å². The van der Waals surface area contributed by atoms with Crippen LogP contribution in [0.3, 0.4) is 0 Å².